The van der Waals surface area contributed by atoms with Crippen molar-refractivity contribution in [3.05, 3.63) is 60.7 Å². The third kappa shape index (κ3) is 6.73. The number of esters is 1. The molecule has 31 heavy (non-hydrogen) atoms. The number of carbonyl (C=O) groups excluding carboxylic acids is 1. The summed E-state index contributed by atoms with van der Waals surface area (Å²) in [4.78, 5) is 13.6. The van der Waals surface area contributed by atoms with Gasteiger partial charge in [-0.15, -0.1) is 0 Å². The van der Waals surface area contributed by atoms with Gasteiger partial charge in [0.1, 0.15) is 30.5 Å². The molecular weight excluding hydrogens is 398 g/mol. The van der Waals surface area contributed by atoms with E-state index in [1.807, 2.05) is 36.4 Å². The van der Waals surface area contributed by atoms with Crippen molar-refractivity contribution in [2.45, 2.75) is 19.1 Å². The maximum atomic E-state index is 11.3. The standard InChI is InChI=1S/C24H27NO6/c1-17(2)24(26)28-12-11-27-19-7-9-21(10-8-19)31-20-5-3-18(4-6-20)25(13-22-15-29-22)14-23-16-30-23/h3-10,22-23H,1,11-16H2,2H3. The van der Waals surface area contributed by atoms with Crippen molar-refractivity contribution in [2.24, 2.45) is 0 Å². The minimum Gasteiger partial charge on any atom is -0.490 e. The first-order valence-corrected chi connectivity index (χ1v) is 10.4. The van der Waals surface area contributed by atoms with Gasteiger partial charge in [-0.3, -0.25) is 0 Å². The first-order chi connectivity index (χ1) is 15.1. The van der Waals surface area contributed by atoms with E-state index in [-0.39, 0.29) is 13.2 Å². The molecule has 2 atom stereocenters. The van der Waals surface area contributed by atoms with Crippen LogP contribution in [-0.4, -0.2) is 57.7 Å². The average Bonchev–Trinajstić information content (AvgIpc) is 3.69. The lowest BCUT2D eigenvalue weighted by Crippen LogP contribution is -2.31. The molecule has 2 aliphatic rings. The molecule has 2 aliphatic heterocycles. The summed E-state index contributed by atoms with van der Waals surface area (Å²) in [5.41, 5.74) is 1.51. The molecule has 0 saturated carbocycles. The molecule has 4 rings (SSSR count). The monoisotopic (exact) mass is 425 g/mol. The lowest BCUT2D eigenvalue weighted by molar-refractivity contribution is -0.139. The lowest BCUT2D eigenvalue weighted by Gasteiger charge is -2.23. The Morgan fingerprint density at radius 2 is 1.45 bits per heavy atom. The van der Waals surface area contributed by atoms with Crippen molar-refractivity contribution in [1.82, 2.24) is 0 Å². The third-order valence-corrected chi connectivity index (χ3v) is 4.85. The van der Waals surface area contributed by atoms with E-state index in [1.165, 1.54) is 0 Å². The second-order valence-corrected chi connectivity index (χ2v) is 7.65. The number of carbonyl (C=O) groups is 1. The highest BCUT2D eigenvalue weighted by Crippen LogP contribution is 2.28. The Kier molecular flexibility index (Phi) is 6.74. The maximum absolute atomic E-state index is 11.3. The van der Waals surface area contributed by atoms with Gasteiger partial charge in [0, 0.05) is 24.4 Å². The Balaban J connectivity index is 1.25. The van der Waals surface area contributed by atoms with E-state index >= 15 is 0 Å². The Hall–Kier alpha value is -3.03. The molecule has 2 saturated heterocycles. The molecule has 2 aromatic carbocycles. The molecule has 0 N–H and O–H groups in total. The molecule has 0 aromatic heterocycles. The summed E-state index contributed by atoms with van der Waals surface area (Å²) in [6, 6.07) is 15.4. The number of hydrogen-bond acceptors (Lipinski definition) is 7. The topological polar surface area (TPSA) is 73.1 Å². The van der Waals surface area contributed by atoms with Crippen molar-refractivity contribution >= 4 is 11.7 Å². The molecule has 2 heterocycles. The van der Waals surface area contributed by atoms with Crippen LogP contribution in [0.25, 0.3) is 0 Å². The van der Waals surface area contributed by atoms with Gasteiger partial charge in [-0.25, -0.2) is 4.79 Å². The van der Waals surface area contributed by atoms with Crippen LogP contribution in [0, 0.1) is 0 Å². The van der Waals surface area contributed by atoms with Gasteiger partial charge in [0.25, 0.3) is 0 Å². The minimum atomic E-state index is -0.414. The number of anilines is 1. The minimum absolute atomic E-state index is 0.174. The highest BCUT2D eigenvalue weighted by atomic mass is 16.6. The second kappa shape index (κ2) is 9.85. The van der Waals surface area contributed by atoms with Gasteiger partial charge in [-0.05, 0) is 55.5 Å². The number of ether oxygens (including phenoxy) is 5. The SMILES string of the molecule is C=C(C)C(=O)OCCOc1ccc(Oc2ccc(N(CC3CO3)CC3CO3)cc2)cc1. The Morgan fingerprint density at radius 3 is 1.97 bits per heavy atom. The average molecular weight is 425 g/mol. The van der Waals surface area contributed by atoms with Crippen LogP contribution in [0.15, 0.2) is 60.7 Å². The molecule has 2 fully saturated rings. The molecule has 7 heteroatoms. The third-order valence-electron chi connectivity index (χ3n) is 4.85. The van der Waals surface area contributed by atoms with Crippen molar-refractivity contribution in [3.63, 3.8) is 0 Å². The quantitative estimate of drug-likeness (QED) is 0.223. The number of epoxide rings is 2. The van der Waals surface area contributed by atoms with Crippen molar-refractivity contribution in [2.75, 3.05) is 44.4 Å². The van der Waals surface area contributed by atoms with Gasteiger partial charge in [0.15, 0.2) is 0 Å². The fourth-order valence-electron chi connectivity index (χ4n) is 3.01. The highest BCUT2D eigenvalue weighted by molar-refractivity contribution is 5.86. The van der Waals surface area contributed by atoms with Gasteiger partial charge in [0.2, 0.25) is 0 Å². The van der Waals surface area contributed by atoms with E-state index in [4.69, 9.17) is 23.7 Å². The van der Waals surface area contributed by atoms with Gasteiger partial charge in [-0.2, -0.15) is 0 Å². The van der Waals surface area contributed by atoms with Gasteiger partial charge < -0.3 is 28.6 Å². The number of rotatable bonds is 12. The van der Waals surface area contributed by atoms with E-state index < -0.39 is 5.97 Å². The Bertz CT molecular complexity index is 873. The molecule has 0 bridgehead atoms. The van der Waals surface area contributed by atoms with E-state index in [9.17, 15) is 4.79 Å². The zero-order valence-corrected chi connectivity index (χ0v) is 17.6. The molecule has 0 spiro atoms. The van der Waals surface area contributed by atoms with Crippen LogP contribution >= 0.6 is 0 Å². The zero-order valence-electron chi connectivity index (χ0n) is 17.6. The summed E-state index contributed by atoms with van der Waals surface area (Å²) in [7, 11) is 0. The fraction of sp³-hybridized carbons (Fsp3) is 0.375. The molecule has 0 amide bonds. The largest absolute Gasteiger partial charge is 0.490 e. The van der Waals surface area contributed by atoms with Crippen LogP contribution in [0.4, 0.5) is 5.69 Å². The fourth-order valence-corrected chi connectivity index (χ4v) is 3.01. The summed E-state index contributed by atoms with van der Waals surface area (Å²) in [5, 5.41) is 0. The second-order valence-electron chi connectivity index (χ2n) is 7.65. The van der Waals surface area contributed by atoms with Crippen LogP contribution in [0.5, 0.6) is 17.2 Å². The van der Waals surface area contributed by atoms with Gasteiger partial charge >= 0.3 is 5.97 Å². The smallest absolute Gasteiger partial charge is 0.333 e. The predicted octanol–water partition coefficient (Wildman–Crippen LogP) is 3.58. The molecule has 164 valence electrons. The molecule has 2 aromatic rings. The first kappa shape index (κ1) is 21.2. The normalized spacial score (nSPS) is 18.7. The molecule has 0 radical (unpaired) electrons. The summed E-state index contributed by atoms with van der Waals surface area (Å²) >= 11 is 0. The lowest BCUT2D eigenvalue weighted by atomic mass is 10.2. The summed E-state index contributed by atoms with van der Waals surface area (Å²) < 4.78 is 27.3. The number of nitrogens with zero attached hydrogens (tertiary/aromatic N) is 1. The maximum Gasteiger partial charge on any atom is 0.333 e. The van der Waals surface area contributed by atoms with E-state index in [0.29, 0.717) is 29.3 Å². The first-order valence-electron chi connectivity index (χ1n) is 10.4. The predicted molar refractivity (Wildman–Crippen MR) is 116 cm³/mol. The van der Waals surface area contributed by atoms with Crippen LogP contribution < -0.4 is 14.4 Å². The Morgan fingerprint density at radius 1 is 0.935 bits per heavy atom. The van der Waals surface area contributed by atoms with Gasteiger partial charge in [0.05, 0.1) is 25.4 Å². The van der Waals surface area contributed by atoms with Crippen molar-refractivity contribution in [3.8, 4) is 17.2 Å². The van der Waals surface area contributed by atoms with Crippen molar-refractivity contribution in [1.29, 1.82) is 0 Å². The van der Waals surface area contributed by atoms with Crippen LogP contribution in [0.3, 0.4) is 0 Å². The Labute approximate surface area is 182 Å². The number of benzene rings is 2. The van der Waals surface area contributed by atoms with E-state index in [2.05, 4.69) is 23.6 Å². The summed E-state index contributed by atoms with van der Waals surface area (Å²) in [6.45, 7) is 9.03. The zero-order chi connectivity index (χ0) is 21.6. The summed E-state index contributed by atoms with van der Waals surface area (Å²) in [5.74, 6) is 1.73. The van der Waals surface area contributed by atoms with E-state index in [0.717, 1.165) is 37.7 Å². The molecule has 7 nitrogen and oxygen atoms in total. The van der Waals surface area contributed by atoms with Gasteiger partial charge in [-0.1, -0.05) is 6.58 Å². The van der Waals surface area contributed by atoms with Crippen molar-refractivity contribution < 1.29 is 28.5 Å². The molecule has 0 aliphatic carbocycles. The van der Waals surface area contributed by atoms with Crippen LogP contribution in [0.2, 0.25) is 0 Å². The number of hydrogen-bond donors (Lipinski definition) is 0. The van der Waals surface area contributed by atoms with E-state index in [1.54, 1.807) is 6.92 Å². The van der Waals surface area contributed by atoms with Crippen LogP contribution in [0.1, 0.15) is 6.92 Å². The summed E-state index contributed by atoms with van der Waals surface area (Å²) in [6.07, 6.45) is 0.655. The van der Waals surface area contributed by atoms with Crippen LogP contribution in [-0.2, 0) is 19.0 Å². The highest BCUT2D eigenvalue weighted by Gasteiger charge is 2.30. The molecular formula is C24H27NO6. The molecule has 2 unspecified atom stereocenters.